The van der Waals surface area contributed by atoms with E-state index in [1.807, 2.05) is 36.4 Å². The molecule has 37 heavy (non-hydrogen) atoms. The number of aryl methyl sites for hydroxylation is 1. The van der Waals surface area contributed by atoms with Gasteiger partial charge in [-0.15, -0.1) is 0 Å². The first-order valence-electron chi connectivity index (χ1n) is 12.9. The molecule has 5 rings (SSSR count). The van der Waals surface area contributed by atoms with Gasteiger partial charge in [0.2, 0.25) is 0 Å². The standard InChI is InChI=1S/C31H31F2NO3/c32-15-5-16-34-17-14-25(20-34)37-24-11-13-29(33)28(19-24)30-26(21-6-2-1-3-7-21)9-4-8-22-18-23(31(35)36)10-12-27(22)30/h1-3,6-7,10-13,18-19,25H,4-5,8-9,14-17,20H2,(H,35,36)/t25-/m1/s1. The minimum absolute atomic E-state index is 0.0277. The molecule has 1 heterocycles. The van der Waals surface area contributed by atoms with Crippen molar-refractivity contribution in [2.45, 2.75) is 38.2 Å². The maximum Gasteiger partial charge on any atom is 0.335 e. The molecule has 0 saturated carbocycles. The first-order chi connectivity index (χ1) is 18.0. The lowest BCUT2D eigenvalue weighted by atomic mass is 9.87. The molecule has 0 unspecified atom stereocenters. The van der Waals surface area contributed by atoms with E-state index in [2.05, 4.69) is 4.90 Å². The van der Waals surface area contributed by atoms with E-state index < -0.39 is 5.97 Å². The molecule has 1 N–H and O–H groups in total. The van der Waals surface area contributed by atoms with Crippen LogP contribution in [0.25, 0.3) is 11.1 Å². The average molecular weight is 504 g/mol. The number of ether oxygens (including phenoxy) is 1. The lowest BCUT2D eigenvalue weighted by Gasteiger charge is -2.20. The predicted octanol–water partition coefficient (Wildman–Crippen LogP) is 6.63. The number of nitrogens with zero attached hydrogens (tertiary/aromatic N) is 1. The van der Waals surface area contributed by atoms with E-state index in [0.717, 1.165) is 60.2 Å². The highest BCUT2D eigenvalue weighted by atomic mass is 19.1. The minimum atomic E-state index is -0.973. The van der Waals surface area contributed by atoms with E-state index >= 15 is 4.39 Å². The Morgan fingerprint density at radius 1 is 1.03 bits per heavy atom. The summed E-state index contributed by atoms with van der Waals surface area (Å²) in [6.45, 7) is 1.98. The summed E-state index contributed by atoms with van der Waals surface area (Å²) in [5.74, 6) is -0.719. The van der Waals surface area contributed by atoms with Gasteiger partial charge in [0.15, 0.2) is 0 Å². The van der Waals surface area contributed by atoms with Gasteiger partial charge in [0.05, 0.1) is 12.2 Å². The van der Waals surface area contributed by atoms with Crippen molar-refractivity contribution < 1.29 is 23.4 Å². The highest BCUT2D eigenvalue weighted by Gasteiger charge is 2.26. The molecule has 1 aliphatic carbocycles. The second-order valence-corrected chi connectivity index (χ2v) is 9.76. The number of benzene rings is 3. The Labute approximate surface area is 216 Å². The molecule has 0 spiro atoms. The van der Waals surface area contributed by atoms with Gasteiger partial charge in [0.25, 0.3) is 0 Å². The SMILES string of the molecule is O=C(O)c1ccc2c(c1)CCCC(c1ccccc1)=C2c1cc(O[C@@H]2CCN(CCCF)C2)ccc1F. The van der Waals surface area contributed by atoms with Crippen LogP contribution >= 0.6 is 0 Å². The lowest BCUT2D eigenvalue weighted by molar-refractivity contribution is 0.0696. The van der Waals surface area contributed by atoms with Crippen molar-refractivity contribution >= 4 is 17.1 Å². The number of alkyl halides is 1. The fourth-order valence-corrected chi connectivity index (χ4v) is 5.50. The zero-order chi connectivity index (χ0) is 25.8. The van der Waals surface area contributed by atoms with Gasteiger partial charge in [-0.05, 0) is 90.3 Å². The van der Waals surface area contributed by atoms with Gasteiger partial charge in [-0.1, -0.05) is 36.4 Å². The van der Waals surface area contributed by atoms with E-state index in [1.165, 1.54) is 6.07 Å². The van der Waals surface area contributed by atoms with Crippen LogP contribution < -0.4 is 4.74 Å². The van der Waals surface area contributed by atoms with Crippen LogP contribution in [0, 0.1) is 5.82 Å². The van der Waals surface area contributed by atoms with Crippen molar-refractivity contribution in [1.82, 2.24) is 4.90 Å². The van der Waals surface area contributed by atoms with Gasteiger partial charge in [-0.2, -0.15) is 0 Å². The van der Waals surface area contributed by atoms with Gasteiger partial charge in [-0.3, -0.25) is 9.29 Å². The van der Waals surface area contributed by atoms with Crippen LogP contribution in [0.4, 0.5) is 8.78 Å². The molecule has 192 valence electrons. The Balaban J connectivity index is 1.57. The van der Waals surface area contributed by atoms with Gasteiger partial charge >= 0.3 is 5.97 Å². The van der Waals surface area contributed by atoms with E-state index in [9.17, 15) is 14.3 Å². The summed E-state index contributed by atoms with van der Waals surface area (Å²) < 4.78 is 34.4. The highest BCUT2D eigenvalue weighted by Crippen LogP contribution is 2.42. The average Bonchev–Trinajstić information content (AvgIpc) is 3.27. The van der Waals surface area contributed by atoms with Gasteiger partial charge in [0, 0.05) is 25.2 Å². The van der Waals surface area contributed by atoms with Crippen LogP contribution in [0.1, 0.15) is 58.3 Å². The summed E-state index contributed by atoms with van der Waals surface area (Å²) in [6, 6.07) is 20.0. The predicted molar refractivity (Wildman–Crippen MR) is 141 cm³/mol. The molecule has 2 aliphatic rings. The van der Waals surface area contributed by atoms with Crippen molar-refractivity contribution in [3.8, 4) is 5.75 Å². The number of hydrogen-bond acceptors (Lipinski definition) is 3. The maximum atomic E-state index is 15.6. The topological polar surface area (TPSA) is 49.8 Å². The summed E-state index contributed by atoms with van der Waals surface area (Å²) in [7, 11) is 0. The highest BCUT2D eigenvalue weighted by molar-refractivity contribution is 6.01. The maximum absolute atomic E-state index is 15.6. The van der Waals surface area contributed by atoms with Gasteiger partial charge in [-0.25, -0.2) is 9.18 Å². The number of halogens is 2. The Bertz CT molecular complexity index is 1310. The Morgan fingerprint density at radius 2 is 1.86 bits per heavy atom. The molecule has 1 atom stereocenters. The molecular formula is C31H31F2NO3. The molecule has 0 amide bonds. The number of likely N-dealkylation sites (tertiary alicyclic amines) is 1. The minimum Gasteiger partial charge on any atom is -0.489 e. The summed E-state index contributed by atoms with van der Waals surface area (Å²) in [4.78, 5) is 13.8. The van der Waals surface area contributed by atoms with Crippen LogP contribution in [-0.4, -0.2) is 48.4 Å². The molecule has 1 saturated heterocycles. The lowest BCUT2D eigenvalue weighted by Crippen LogP contribution is -2.26. The second-order valence-electron chi connectivity index (χ2n) is 9.76. The third kappa shape index (κ3) is 5.59. The van der Waals surface area contributed by atoms with Crippen LogP contribution in [0.3, 0.4) is 0 Å². The normalized spacial score (nSPS) is 17.9. The number of rotatable bonds is 8. The fourth-order valence-electron chi connectivity index (χ4n) is 5.50. The summed E-state index contributed by atoms with van der Waals surface area (Å²) in [5.41, 5.74) is 5.30. The Morgan fingerprint density at radius 3 is 2.65 bits per heavy atom. The first-order valence-corrected chi connectivity index (χ1v) is 12.9. The first kappa shape index (κ1) is 25.2. The summed E-state index contributed by atoms with van der Waals surface area (Å²) in [5, 5.41) is 9.54. The molecule has 1 fully saturated rings. The van der Waals surface area contributed by atoms with E-state index in [1.54, 1.807) is 24.3 Å². The van der Waals surface area contributed by atoms with Crippen molar-refractivity contribution in [2.75, 3.05) is 26.3 Å². The summed E-state index contributed by atoms with van der Waals surface area (Å²) >= 11 is 0. The van der Waals surface area contributed by atoms with Gasteiger partial charge < -0.3 is 9.84 Å². The van der Waals surface area contributed by atoms with Gasteiger partial charge in [0.1, 0.15) is 17.7 Å². The van der Waals surface area contributed by atoms with Crippen molar-refractivity contribution in [2.24, 2.45) is 0 Å². The van der Waals surface area contributed by atoms with Crippen molar-refractivity contribution in [3.05, 3.63) is 100 Å². The number of aromatic carboxylic acids is 1. The molecule has 3 aromatic carbocycles. The zero-order valence-electron chi connectivity index (χ0n) is 20.8. The number of allylic oxidation sites excluding steroid dienone is 1. The molecule has 4 nitrogen and oxygen atoms in total. The quantitative estimate of drug-likeness (QED) is 0.375. The van der Waals surface area contributed by atoms with E-state index in [-0.39, 0.29) is 24.2 Å². The molecule has 0 bridgehead atoms. The van der Waals surface area contributed by atoms with Crippen LogP contribution in [0.15, 0.2) is 66.7 Å². The third-order valence-corrected chi connectivity index (χ3v) is 7.27. The molecule has 6 heteroatoms. The Kier molecular flexibility index (Phi) is 7.65. The van der Waals surface area contributed by atoms with Crippen molar-refractivity contribution in [1.29, 1.82) is 0 Å². The smallest absolute Gasteiger partial charge is 0.335 e. The van der Waals surface area contributed by atoms with Crippen LogP contribution in [-0.2, 0) is 6.42 Å². The van der Waals surface area contributed by atoms with Crippen molar-refractivity contribution in [3.63, 3.8) is 0 Å². The number of hydrogen-bond donors (Lipinski definition) is 1. The monoisotopic (exact) mass is 503 g/mol. The molecule has 1 aliphatic heterocycles. The van der Waals surface area contributed by atoms with Crippen LogP contribution in [0.2, 0.25) is 0 Å². The fraction of sp³-hybridized carbons (Fsp3) is 0.323. The number of carbonyl (C=O) groups is 1. The van der Waals surface area contributed by atoms with E-state index in [0.29, 0.717) is 30.7 Å². The van der Waals surface area contributed by atoms with Crippen LogP contribution in [0.5, 0.6) is 5.75 Å². The number of carboxylic acids is 1. The molecule has 0 aromatic heterocycles. The Hall–Kier alpha value is -3.51. The molecule has 0 radical (unpaired) electrons. The zero-order valence-corrected chi connectivity index (χ0v) is 20.8. The number of fused-ring (bicyclic) bond motifs is 1. The summed E-state index contributed by atoms with van der Waals surface area (Å²) in [6.07, 6.45) is 3.63. The number of carboxylic acid groups (broad SMARTS) is 1. The third-order valence-electron chi connectivity index (χ3n) is 7.27. The van der Waals surface area contributed by atoms with E-state index in [4.69, 9.17) is 4.74 Å². The second kappa shape index (κ2) is 11.3. The molecule has 3 aromatic rings. The largest absolute Gasteiger partial charge is 0.489 e. The molecular weight excluding hydrogens is 472 g/mol.